The molecule has 0 unspecified atom stereocenters. The van der Waals surface area contributed by atoms with Crippen LogP contribution in [0.25, 0.3) is 0 Å². The van der Waals surface area contributed by atoms with E-state index in [1.807, 2.05) is 23.1 Å². The number of nitrogens with one attached hydrogen (secondary N) is 1. The molecule has 2 rings (SSSR count). The lowest BCUT2D eigenvalue weighted by Crippen LogP contribution is -2.14. The fourth-order valence-electron chi connectivity index (χ4n) is 1.25. The molecule has 2 aromatic heterocycles. The summed E-state index contributed by atoms with van der Waals surface area (Å²) in [5.74, 6) is 0.284. The zero-order chi connectivity index (χ0) is 12.1. The first-order chi connectivity index (χ1) is 8.29. The Hall–Kier alpha value is -1.34. The maximum Gasteiger partial charge on any atom is 0.236 e. The average Bonchev–Trinajstić information content (AvgIpc) is 2.96. The molecule has 0 bridgehead atoms. The van der Waals surface area contributed by atoms with E-state index in [0.717, 1.165) is 11.7 Å². The molecular weight excluding hydrogens is 256 g/mol. The molecule has 2 aromatic rings. The Bertz CT molecular complexity index is 480. The normalized spacial score (nSPS) is 10.4. The number of carbonyl (C=O) groups is 1. The minimum absolute atomic E-state index is 0.0596. The Morgan fingerprint density at radius 2 is 2.41 bits per heavy atom. The second-order valence-corrected chi connectivity index (χ2v) is 5.01. The summed E-state index contributed by atoms with van der Waals surface area (Å²) in [5, 5.41) is 6.05. The summed E-state index contributed by atoms with van der Waals surface area (Å²) in [6.45, 7) is 2.90. The van der Waals surface area contributed by atoms with Gasteiger partial charge < -0.3 is 9.88 Å². The van der Waals surface area contributed by atoms with Gasteiger partial charge in [-0.05, 0) is 6.92 Å². The number of aromatic nitrogens is 3. The number of nitrogens with zero attached hydrogens (tertiary/aromatic N) is 3. The largest absolute Gasteiger partial charge is 0.326 e. The zero-order valence-corrected chi connectivity index (χ0v) is 10.9. The molecule has 0 atom stereocenters. The lowest BCUT2D eigenvalue weighted by atomic mass is 10.7. The molecule has 0 radical (unpaired) electrons. The summed E-state index contributed by atoms with van der Waals surface area (Å²) in [5.41, 5.74) is 0. The van der Waals surface area contributed by atoms with Gasteiger partial charge in [-0.25, -0.2) is 9.97 Å². The van der Waals surface area contributed by atoms with Gasteiger partial charge in [-0.2, -0.15) is 0 Å². The van der Waals surface area contributed by atoms with Gasteiger partial charge in [-0.15, -0.1) is 11.3 Å². The van der Waals surface area contributed by atoms with Crippen LogP contribution in [0.4, 0.5) is 5.13 Å². The van der Waals surface area contributed by atoms with Crippen LogP contribution in [0.15, 0.2) is 29.1 Å². The third kappa shape index (κ3) is 3.31. The van der Waals surface area contributed by atoms with Crippen molar-refractivity contribution >= 4 is 34.1 Å². The van der Waals surface area contributed by atoms with E-state index in [1.54, 1.807) is 12.4 Å². The van der Waals surface area contributed by atoms with Crippen molar-refractivity contribution < 1.29 is 4.79 Å². The maximum atomic E-state index is 11.6. The first-order valence-corrected chi connectivity index (χ1v) is 6.99. The maximum absolute atomic E-state index is 11.6. The SMILES string of the molecule is CCn1ccnc1SCC(=O)Nc1nccs1. The number of imidazole rings is 1. The minimum atomic E-state index is -0.0596. The van der Waals surface area contributed by atoms with Gasteiger partial charge in [0.1, 0.15) is 0 Å². The molecule has 1 amide bonds. The topological polar surface area (TPSA) is 59.8 Å². The summed E-state index contributed by atoms with van der Waals surface area (Å²) in [6, 6.07) is 0. The molecule has 17 heavy (non-hydrogen) atoms. The minimum Gasteiger partial charge on any atom is -0.326 e. The van der Waals surface area contributed by atoms with Gasteiger partial charge in [0.05, 0.1) is 5.75 Å². The number of rotatable bonds is 5. The molecular formula is C10H12N4OS2. The van der Waals surface area contributed by atoms with Crippen LogP contribution in [0.3, 0.4) is 0 Å². The van der Waals surface area contributed by atoms with Gasteiger partial charge in [-0.3, -0.25) is 4.79 Å². The van der Waals surface area contributed by atoms with Crippen LogP contribution in [0, 0.1) is 0 Å². The highest BCUT2D eigenvalue weighted by atomic mass is 32.2. The molecule has 7 heteroatoms. The van der Waals surface area contributed by atoms with Gasteiger partial charge in [0.2, 0.25) is 5.91 Å². The van der Waals surface area contributed by atoms with Crippen molar-refractivity contribution in [2.45, 2.75) is 18.6 Å². The highest BCUT2D eigenvalue weighted by Crippen LogP contribution is 2.16. The molecule has 0 aliphatic carbocycles. The highest BCUT2D eigenvalue weighted by molar-refractivity contribution is 7.99. The molecule has 5 nitrogen and oxygen atoms in total. The predicted molar refractivity (Wildman–Crippen MR) is 69.4 cm³/mol. The van der Waals surface area contributed by atoms with Crippen LogP contribution in [0.2, 0.25) is 0 Å². The summed E-state index contributed by atoms with van der Waals surface area (Å²) < 4.78 is 2.00. The quantitative estimate of drug-likeness (QED) is 0.844. The fourth-order valence-corrected chi connectivity index (χ4v) is 2.62. The summed E-state index contributed by atoms with van der Waals surface area (Å²) in [6.07, 6.45) is 5.31. The van der Waals surface area contributed by atoms with E-state index < -0.39 is 0 Å². The molecule has 2 heterocycles. The first-order valence-electron chi connectivity index (χ1n) is 5.13. The van der Waals surface area contributed by atoms with Crippen LogP contribution in [0.5, 0.6) is 0 Å². The first kappa shape index (κ1) is 12.1. The molecule has 90 valence electrons. The number of anilines is 1. The van der Waals surface area contributed by atoms with E-state index in [2.05, 4.69) is 15.3 Å². The monoisotopic (exact) mass is 268 g/mol. The molecule has 0 aromatic carbocycles. The molecule has 1 N–H and O–H groups in total. The number of thiazole rings is 1. The third-order valence-corrected chi connectivity index (χ3v) is 3.72. The third-order valence-electron chi connectivity index (χ3n) is 2.03. The number of hydrogen-bond acceptors (Lipinski definition) is 5. The van der Waals surface area contributed by atoms with Crippen LogP contribution in [-0.4, -0.2) is 26.2 Å². The molecule has 0 saturated carbocycles. The standard InChI is InChI=1S/C10H12N4OS2/c1-2-14-5-3-12-10(14)17-7-8(15)13-9-11-4-6-16-9/h3-6H,2,7H2,1H3,(H,11,13,15). The van der Waals surface area contributed by atoms with Crippen LogP contribution in [0.1, 0.15) is 6.92 Å². The Labute approximate surface area is 107 Å². The van der Waals surface area contributed by atoms with Crippen molar-refractivity contribution in [2.75, 3.05) is 11.1 Å². The van der Waals surface area contributed by atoms with Crippen LogP contribution < -0.4 is 5.32 Å². The summed E-state index contributed by atoms with van der Waals surface area (Å²) >= 11 is 2.83. The lowest BCUT2D eigenvalue weighted by molar-refractivity contribution is -0.113. The van der Waals surface area contributed by atoms with Gasteiger partial charge in [0.25, 0.3) is 0 Å². The van der Waals surface area contributed by atoms with E-state index in [9.17, 15) is 4.79 Å². The molecule has 0 spiro atoms. The van der Waals surface area contributed by atoms with Gasteiger partial charge >= 0.3 is 0 Å². The van der Waals surface area contributed by atoms with Gasteiger partial charge in [0.15, 0.2) is 10.3 Å². The van der Waals surface area contributed by atoms with E-state index in [0.29, 0.717) is 10.9 Å². The highest BCUT2D eigenvalue weighted by Gasteiger charge is 2.08. The van der Waals surface area contributed by atoms with Crippen molar-refractivity contribution in [3.63, 3.8) is 0 Å². The van der Waals surface area contributed by atoms with E-state index in [1.165, 1.54) is 23.1 Å². The van der Waals surface area contributed by atoms with Gasteiger partial charge in [-0.1, -0.05) is 11.8 Å². The smallest absolute Gasteiger partial charge is 0.236 e. The summed E-state index contributed by atoms with van der Waals surface area (Å²) in [4.78, 5) is 19.8. The average molecular weight is 268 g/mol. The number of aryl methyl sites for hydroxylation is 1. The number of hydrogen-bond donors (Lipinski definition) is 1. The number of thioether (sulfide) groups is 1. The zero-order valence-electron chi connectivity index (χ0n) is 9.29. The molecule has 0 aliphatic heterocycles. The van der Waals surface area contributed by atoms with Crippen molar-refractivity contribution in [3.8, 4) is 0 Å². The van der Waals surface area contributed by atoms with Crippen molar-refractivity contribution in [1.29, 1.82) is 0 Å². The van der Waals surface area contributed by atoms with Crippen molar-refractivity contribution in [1.82, 2.24) is 14.5 Å². The Morgan fingerprint density at radius 1 is 1.53 bits per heavy atom. The van der Waals surface area contributed by atoms with E-state index >= 15 is 0 Å². The summed E-state index contributed by atoms with van der Waals surface area (Å²) in [7, 11) is 0. The van der Waals surface area contributed by atoms with Gasteiger partial charge in [0, 0.05) is 30.5 Å². The van der Waals surface area contributed by atoms with Crippen LogP contribution >= 0.6 is 23.1 Å². The number of carbonyl (C=O) groups excluding carboxylic acids is 1. The molecule has 0 saturated heterocycles. The number of amides is 1. The van der Waals surface area contributed by atoms with Crippen molar-refractivity contribution in [2.24, 2.45) is 0 Å². The lowest BCUT2D eigenvalue weighted by Gasteiger charge is -2.03. The fraction of sp³-hybridized carbons (Fsp3) is 0.300. The molecule has 0 aliphatic rings. The Balaban J connectivity index is 1.84. The predicted octanol–water partition coefficient (Wildman–Crippen LogP) is 2.09. The second-order valence-electron chi connectivity index (χ2n) is 3.17. The second kappa shape index (κ2) is 5.83. The van der Waals surface area contributed by atoms with E-state index in [-0.39, 0.29) is 5.91 Å². The Kier molecular flexibility index (Phi) is 4.16. The van der Waals surface area contributed by atoms with E-state index in [4.69, 9.17) is 0 Å². The molecule has 0 fully saturated rings. The Morgan fingerprint density at radius 3 is 3.12 bits per heavy atom. The van der Waals surface area contributed by atoms with Crippen LogP contribution in [-0.2, 0) is 11.3 Å². The van der Waals surface area contributed by atoms with Crippen molar-refractivity contribution in [3.05, 3.63) is 24.0 Å².